The lowest BCUT2D eigenvalue weighted by atomic mass is 10.1. The van der Waals surface area contributed by atoms with Gasteiger partial charge in [0.05, 0.1) is 5.69 Å². The molecule has 5 nitrogen and oxygen atoms in total. The molecular weight excluding hydrogens is 206 g/mol. The second-order valence-corrected chi connectivity index (χ2v) is 3.43. The van der Waals surface area contributed by atoms with Gasteiger partial charge in [0.2, 0.25) is 0 Å². The number of benzene rings is 1. The third-order valence-electron chi connectivity index (χ3n) is 2.33. The van der Waals surface area contributed by atoms with Gasteiger partial charge in [0, 0.05) is 0 Å². The van der Waals surface area contributed by atoms with Gasteiger partial charge in [-0.25, -0.2) is 9.67 Å². The number of carboxylic acids is 1. The summed E-state index contributed by atoms with van der Waals surface area (Å²) in [5.41, 5.74) is 0.808. The van der Waals surface area contributed by atoms with Crippen molar-refractivity contribution in [1.29, 1.82) is 0 Å². The van der Waals surface area contributed by atoms with E-state index >= 15 is 0 Å². The van der Waals surface area contributed by atoms with Crippen LogP contribution in [0.4, 0.5) is 0 Å². The highest BCUT2D eigenvalue weighted by Gasteiger charge is 2.20. The van der Waals surface area contributed by atoms with E-state index in [1.807, 2.05) is 30.3 Å². The van der Waals surface area contributed by atoms with Gasteiger partial charge < -0.3 is 5.11 Å². The first-order chi connectivity index (χ1) is 7.70. The third-order valence-corrected chi connectivity index (χ3v) is 2.33. The molecule has 0 spiro atoms. The molecule has 2 rings (SSSR count). The van der Waals surface area contributed by atoms with Crippen molar-refractivity contribution < 1.29 is 9.90 Å². The van der Waals surface area contributed by atoms with Crippen LogP contribution in [0.2, 0.25) is 0 Å². The molecule has 1 heterocycles. The van der Waals surface area contributed by atoms with Crippen molar-refractivity contribution in [2.24, 2.45) is 0 Å². The Hall–Kier alpha value is -2.17. The summed E-state index contributed by atoms with van der Waals surface area (Å²) in [5, 5.41) is 13.0. The third kappa shape index (κ3) is 1.79. The Kier molecular flexibility index (Phi) is 2.68. The molecule has 1 aromatic heterocycles. The Bertz CT molecular complexity index is 493. The first-order valence-electron chi connectivity index (χ1n) is 4.88. The summed E-state index contributed by atoms with van der Waals surface area (Å²) in [5.74, 6) is -1.16. The molecule has 1 N–H and O–H groups in total. The lowest BCUT2D eigenvalue weighted by Crippen LogP contribution is -2.14. The van der Waals surface area contributed by atoms with Crippen molar-refractivity contribution in [3.63, 3.8) is 0 Å². The summed E-state index contributed by atoms with van der Waals surface area (Å²) in [6, 6.07) is 9.33. The van der Waals surface area contributed by atoms with E-state index in [1.165, 1.54) is 6.33 Å². The number of carboxylic acid groups (broad SMARTS) is 1. The molecule has 82 valence electrons. The van der Waals surface area contributed by atoms with E-state index in [2.05, 4.69) is 10.1 Å². The highest BCUT2D eigenvalue weighted by molar-refractivity contribution is 5.74. The monoisotopic (exact) mass is 217 g/mol. The predicted octanol–water partition coefficient (Wildman–Crippen LogP) is 1.46. The van der Waals surface area contributed by atoms with Crippen molar-refractivity contribution in [2.75, 3.05) is 0 Å². The van der Waals surface area contributed by atoms with Gasteiger partial charge in [-0.2, -0.15) is 5.10 Å². The van der Waals surface area contributed by atoms with Crippen LogP contribution in [-0.4, -0.2) is 25.8 Å². The molecule has 0 saturated carbocycles. The van der Waals surface area contributed by atoms with E-state index in [1.54, 1.807) is 11.6 Å². The molecule has 0 aliphatic rings. The maximum absolute atomic E-state index is 10.9. The van der Waals surface area contributed by atoms with Crippen LogP contribution in [0.5, 0.6) is 0 Å². The van der Waals surface area contributed by atoms with E-state index < -0.39 is 11.9 Å². The van der Waals surface area contributed by atoms with Crippen LogP contribution >= 0.6 is 0 Å². The van der Waals surface area contributed by atoms with Gasteiger partial charge in [-0.15, -0.1) is 0 Å². The summed E-state index contributed by atoms with van der Waals surface area (Å²) >= 11 is 0. The van der Waals surface area contributed by atoms with Gasteiger partial charge in [0.1, 0.15) is 18.1 Å². The minimum atomic E-state index is -0.912. The van der Waals surface area contributed by atoms with Crippen LogP contribution in [0.1, 0.15) is 18.7 Å². The molecule has 2 aromatic rings. The molecule has 0 saturated heterocycles. The van der Waals surface area contributed by atoms with E-state index in [-0.39, 0.29) is 0 Å². The van der Waals surface area contributed by atoms with Gasteiger partial charge in [-0.3, -0.25) is 4.79 Å². The molecule has 1 atom stereocenters. The first-order valence-corrected chi connectivity index (χ1v) is 4.88. The maximum atomic E-state index is 10.9. The number of hydrogen-bond donors (Lipinski definition) is 1. The predicted molar refractivity (Wildman–Crippen MR) is 57.4 cm³/mol. The zero-order valence-electron chi connectivity index (χ0n) is 8.74. The smallest absolute Gasteiger partial charge is 0.313 e. The van der Waals surface area contributed by atoms with Crippen molar-refractivity contribution in [3.8, 4) is 5.69 Å². The number of carbonyl (C=O) groups is 1. The van der Waals surface area contributed by atoms with Crippen LogP contribution in [-0.2, 0) is 4.79 Å². The Morgan fingerprint density at radius 2 is 2.06 bits per heavy atom. The molecule has 1 aromatic carbocycles. The number of hydrogen-bond acceptors (Lipinski definition) is 3. The summed E-state index contributed by atoms with van der Waals surface area (Å²) < 4.78 is 1.54. The fourth-order valence-electron chi connectivity index (χ4n) is 1.42. The topological polar surface area (TPSA) is 68.0 Å². The van der Waals surface area contributed by atoms with Crippen molar-refractivity contribution in [1.82, 2.24) is 14.8 Å². The molecule has 0 unspecified atom stereocenters. The van der Waals surface area contributed by atoms with Crippen LogP contribution in [0.25, 0.3) is 5.69 Å². The molecule has 0 aliphatic carbocycles. The quantitative estimate of drug-likeness (QED) is 0.845. The Balaban J connectivity index is 2.44. The van der Waals surface area contributed by atoms with Gasteiger partial charge in [0.25, 0.3) is 0 Å². The molecule has 5 heteroatoms. The molecule has 0 fully saturated rings. The van der Waals surface area contributed by atoms with Gasteiger partial charge in [-0.05, 0) is 19.1 Å². The molecule has 0 bridgehead atoms. The number of para-hydroxylation sites is 1. The van der Waals surface area contributed by atoms with Crippen molar-refractivity contribution in [2.45, 2.75) is 12.8 Å². The second-order valence-electron chi connectivity index (χ2n) is 3.43. The second kappa shape index (κ2) is 4.14. The minimum absolute atomic E-state index is 0.429. The zero-order chi connectivity index (χ0) is 11.5. The molecule has 0 amide bonds. The minimum Gasteiger partial charge on any atom is -0.481 e. The zero-order valence-corrected chi connectivity index (χ0v) is 8.74. The summed E-state index contributed by atoms with van der Waals surface area (Å²) in [7, 11) is 0. The van der Waals surface area contributed by atoms with Crippen LogP contribution < -0.4 is 0 Å². The van der Waals surface area contributed by atoms with Crippen LogP contribution in [0, 0.1) is 0 Å². The maximum Gasteiger partial charge on any atom is 0.313 e. The SMILES string of the molecule is C[C@H](C(=O)O)c1ncnn1-c1ccccc1. The normalized spacial score (nSPS) is 12.3. The molecule has 0 aliphatic heterocycles. The Morgan fingerprint density at radius 3 is 2.69 bits per heavy atom. The largest absolute Gasteiger partial charge is 0.481 e. The summed E-state index contributed by atoms with van der Waals surface area (Å²) in [6.07, 6.45) is 1.36. The molecule has 16 heavy (non-hydrogen) atoms. The number of aliphatic carboxylic acids is 1. The number of nitrogens with zero attached hydrogens (tertiary/aromatic N) is 3. The Labute approximate surface area is 92.4 Å². The van der Waals surface area contributed by atoms with E-state index in [9.17, 15) is 4.79 Å². The highest BCUT2D eigenvalue weighted by Crippen LogP contribution is 2.16. The van der Waals surface area contributed by atoms with Crippen LogP contribution in [0.3, 0.4) is 0 Å². The van der Waals surface area contributed by atoms with Gasteiger partial charge >= 0.3 is 5.97 Å². The summed E-state index contributed by atoms with van der Waals surface area (Å²) in [4.78, 5) is 14.9. The average molecular weight is 217 g/mol. The average Bonchev–Trinajstić information content (AvgIpc) is 2.77. The fourth-order valence-corrected chi connectivity index (χ4v) is 1.42. The standard InChI is InChI=1S/C11H11N3O2/c1-8(11(15)16)10-12-7-13-14(10)9-5-3-2-4-6-9/h2-8H,1H3,(H,15,16)/t8-/m0/s1. The summed E-state index contributed by atoms with van der Waals surface area (Å²) in [6.45, 7) is 1.59. The lowest BCUT2D eigenvalue weighted by molar-refractivity contribution is -0.138. The fraction of sp³-hybridized carbons (Fsp3) is 0.182. The van der Waals surface area contributed by atoms with Gasteiger partial charge in [-0.1, -0.05) is 18.2 Å². The van der Waals surface area contributed by atoms with E-state index in [0.717, 1.165) is 5.69 Å². The first kappa shape index (κ1) is 10.4. The highest BCUT2D eigenvalue weighted by atomic mass is 16.4. The Morgan fingerprint density at radius 1 is 1.38 bits per heavy atom. The van der Waals surface area contributed by atoms with Crippen LogP contribution in [0.15, 0.2) is 36.7 Å². The van der Waals surface area contributed by atoms with Gasteiger partial charge in [0.15, 0.2) is 0 Å². The number of rotatable bonds is 3. The van der Waals surface area contributed by atoms with E-state index in [0.29, 0.717) is 5.82 Å². The molecular formula is C11H11N3O2. The molecule has 0 radical (unpaired) electrons. The lowest BCUT2D eigenvalue weighted by Gasteiger charge is -2.08. The van der Waals surface area contributed by atoms with E-state index in [4.69, 9.17) is 5.11 Å². The van der Waals surface area contributed by atoms with Crippen molar-refractivity contribution in [3.05, 3.63) is 42.5 Å². The number of aromatic nitrogens is 3. The van der Waals surface area contributed by atoms with Crippen molar-refractivity contribution >= 4 is 5.97 Å².